The first-order chi connectivity index (χ1) is 16.4. The van der Waals surface area contributed by atoms with E-state index < -0.39 is 0 Å². The second kappa shape index (κ2) is 10.2. The van der Waals surface area contributed by atoms with Crippen LogP contribution in [0.25, 0.3) is 22.3 Å². The summed E-state index contributed by atoms with van der Waals surface area (Å²) in [4.78, 5) is 22.1. The van der Waals surface area contributed by atoms with Gasteiger partial charge in [0.2, 0.25) is 0 Å². The summed E-state index contributed by atoms with van der Waals surface area (Å²) in [5.74, 6) is 1.05. The Morgan fingerprint density at radius 2 is 1.97 bits per heavy atom. The molecular formula is C23H27FN8OS. The number of amides is 1. The minimum absolute atomic E-state index is 0.221. The zero-order valence-corrected chi connectivity index (χ0v) is 20.4. The van der Waals surface area contributed by atoms with Gasteiger partial charge in [-0.25, -0.2) is 19.0 Å². The van der Waals surface area contributed by atoms with Crippen LogP contribution in [0, 0.1) is 5.82 Å². The highest BCUT2D eigenvalue weighted by atomic mass is 32.2. The standard InChI is InChI=1S/C23H27FN8OS/c1-5-34-23-28-20(27-14(2)3)17-13-26-32(21(17)29-23)11-10-25-22(33)19-12-18(30-31(19)4)15-6-8-16(24)9-7-15/h6-9,12-14H,5,10-11H2,1-4H3,(H,25,33)(H,27,28,29). The van der Waals surface area contributed by atoms with Crippen LogP contribution in [0.5, 0.6) is 0 Å². The molecule has 1 aromatic carbocycles. The zero-order chi connectivity index (χ0) is 24.2. The smallest absolute Gasteiger partial charge is 0.269 e. The lowest BCUT2D eigenvalue weighted by atomic mass is 10.1. The van der Waals surface area contributed by atoms with E-state index in [2.05, 4.69) is 51.6 Å². The molecule has 0 spiro atoms. The molecule has 2 N–H and O–H groups in total. The topological polar surface area (TPSA) is 103 Å². The number of carbonyl (C=O) groups is 1. The Kier molecular flexibility index (Phi) is 7.11. The van der Waals surface area contributed by atoms with E-state index in [0.717, 1.165) is 28.2 Å². The van der Waals surface area contributed by atoms with Gasteiger partial charge in [0.1, 0.15) is 17.3 Å². The molecule has 3 aromatic heterocycles. The van der Waals surface area contributed by atoms with Crippen LogP contribution in [0.2, 0.25) is 0 Å². The maximum absolute atomic E-state index is 13.2. The van der Waals surface area contributed by atoms with Gasteiger partial charge in [-0.15, -0.1) is 0 Å². The third-order valence-electron chi connectivity index (χ3n) is 5.04. The lowest BCUT2D eigenvalue weighted by molar-refractivity contribution is 0.0942. The maximum atomic E-state index is 13.2. The maximum Gasteiger partial charge on any atom is 0.269 e. The summed E-state index contributed by atoms with van der Waals surface area (Å²) in [7, 11) is 1.70. The zero-order valence-electron chi connectivity index (χ0n) is 19.5. The molecule has 1 amide bonds. The molecule has 4 rings (SSSR count). The number of nitrogens with one attached hydrogen (secondary N) is 2. The van der Waals surface area contributed by atoms with Crippen molar-refractivity contribution in [2.45, 2.75) is 38.5 Å². The third-order valence-corrected chi connectivity index (χ3v) is 5.77. The summed E-state index contributed by atoms with van der Waals surface area (Å²) >= 11 is 1.57. The number of aryl methyl sites for hydroxylation is 1. The van der Waals surface area contributed by atoms with Gasteiger partial charge in [0, 0.05) is 25.2 Å². The van der Waals surface area contributed by atoms with E-state index in [9.17, 15) is 9.18 Å². The molecule has 178 valence electrons. The van der Waals surface area contributed by atoms with Gasteiger partial charge in [-0.1, -0.05) is 18.7 Å². The second-order valence-corrected chi connectivity index (χ2v) is 9.22. The highest BCUT2D eigenvalue weighted by Crippen LogP contribution is 2.25. The summed E-state index contributed by atoms with van der Waals surface area (Å²) in [6.07, 6.45) is 1.75. The molecule has 34 heavy (non-hydrogen) atoms. The van der Waals surface area contributed by atoms with Crippen molar-refractivity contribution < 1.29 is 9.18 Å². The fourth-order valence-electron chi connectivity index (χ4n) is 3.48. The number of benzene rings is 1. The second-order valence-electron chi connectivity index (χ2n) is 7.99. The van der Waals surface area contributed by atoms with Crippen LogP contribution in [0.15, 0.2) is 41.7 Å². The first-order valence-electron chi connectivity index (χ1n) is 11.1. The van der Waals surface area contributed by atoms with Crippen LogP contribution in [0.1, 0.15) is 31.3 Å². The molecule has 0 bridgehead atoms. The molecule has 3 heterocycles. The Morgan fingerprint density at radius 1 is 1.21 bits per heavy atom. The van der Waals surface area contributed by atoms with E-state index in [0.29, 0.717) is 29.6 Å². The fourth-order valence-corrected chi connectivity index (χ4v) is 4.05. The number of hydrogen-bond donors (Lipinski definition) is 2. The van der Waals surface area contributed by atoms with E-state index >= 15 is 0 Å². The average Bonchev–Trinajstić information content (AvgIpc) is 3.38. The number of anilines is 1. The van der Waals surface area contributed by atoms with Crippen molar-refractivity contribution in [3.8, 4) is 11.3 Å². The predicted octanol–water partition coefficient (Wildman–Crippen LogP) is 3.73. The Bertz CT molecular complexity index is 1300. The fraction of sp³-hybridized carbons (Fsp3) is 0.348. The molecule has 0 radical (unpaired) electrons. The summed E-state index contributed by atoms with van der Waals surface area (Å²) in [6, 6.07) is 7.92. The largest absolute Gasteiger partial charge is 0.367 e. The van der Waals surface area contributed by atoms with Gasteiger partial charge in [-0.2, -0.15) is 10.2 Å². The van der Waals surface area contributed by atoms with Crippen LogP contribution < -0.4 is 10.6 Å². The van der Waals surface area contributed by atoms with Crippen molar-refractivity contribution >= 4 is 34.5 Å². The molecule has 0 aliphatic heterocycles. The number of nitrogens with zero attached hydrogens (tertiary/aromatic N) is 6. The van der Waals surface area contributed by atoms with Crippen LogP contribution in [0.3, 0.4) is 0 Å². The number of rotatable bonds is 9. The molecule has 0 atom stereocenters. The number of hydrogen-bond acceptors (Lipinski definition) is 7. The lowest BCUT2D eigenvalue weighted by Gasteiger charge is -2.11. The number of carbonyl (C=O) groups excluding carboxylic acids is 1. The molecule has 4 aromatic rings. The van der Waals surface area contributed by atoms with E-state index in [-0.39, 0.29) is 17.8 Å². The molecule has 0 aliphatic rings. The normalized spacial score (nSPS) is 11.4. The SMILES string of the molecule is CCSc1nc(NC(C)C)c2cnn(CCNC(=O)c3cc(-c4ccc(F)cc4)nn3C)c2n1. The Morgan fingerprint density at radius 3 is 2.68 bits per heavy atom. The Labute approximate surface area is 201 Å². The summed E-state index contributed by atoms with van der Waals surface area (Å²) < 4.78 is 16.5. The van der Waals surface area contributed by atoms with Crippen molar-refractivity contribution in [1.29, 1.82) is 0 Å². The Hall–Kier alpha value is -3.47. The minimum Gasteiger partial charge on any atom is -0.367 e. The van der Waals surface area contributed by atoms with E-state index in [4.69, 9.17) is 0 Å². The van der Waals surface area contributed by atoms with Gasteiger partial charge in [0.25, 0.3) is 5.91 Å². The molecule has 0 fully saturated rings. The summed E-state index contributed by atoms with van der Waals surface area (Å²) in [5, 5.41) is 16.7. The minimum atomic E-state index is -0.318. The third kappa shape index (κ3) is 5.19. The van der Waals surface area contributed by atoms with Gasteiger partial charge >= 0.3 is 0 Å². The first kappa shape index (κ1) is 23.7. The number of aromatic nitrogens is 6. The van der Waals surface area contributed by atoms with Gasteiger partial charge in [0.15, 0.2) is 10.8 Å². The van der Waals surface area contributed by atoms with Crippen molar-refractivity contribution in [2.24, 2.45) is 7.05 Å². The summed E-state index contributed by atoms with van der Waals surface area (Å²) in [6.45, 7) is 6.98. The van der Waals surface area contributed by atoms with Crippen LogP contribution in [-0.4, -0.2) is 53.8 Å². The number of thioether (sulfide) groups is 1. The van der Waals surface area contributed by atoms with Crippen LogP contribution >= 0.6 is 11.8 Å². The summed E-state index contributed by atoms with van der Waals surface area (Å²) in [5.41, 5.74) is 2.48. The van der Waals surface area contributed by atoms with Crippen molar-refractivity contribution in [2.75, 3.05) is 17.6 Å². The number of halogens is 1. The molecule has 0 aliphatic carbocycles. The number of fused-ring (bicyclic) bond motifs is 1. The van der Waals surface area contributed by atoms with Gasteiger partial charge in [0.05, 0.1) is 23.8 Å². The molecule has 11 heteroatoms. The molecular weight excluding hydrogens is 455 g/mol. The van der Waals surface area contributed by atoms with Crippen molar-refractivity contribution in [3.05, 3.63) is 48.0 Å². The molecule has 0 saturated heterocycles. The Balaban J connectivity index is 1.47. The monoisotopic (exact) mass is 482 g/mol. The van der Waals surface area contributed by atoms with E-state index in [1.165, 1.54) is 16.8 Å². The highest BCUT2D eigenvalue weighted by molar-refractivity contribution is 7.99. The molecule has 0 unspecified atom stereocenters. The van der Waals surface area contributed by atoms with Crippen LogP contribution in [0.4, 0.5) is 10.2 Å². The first-order valence-corrected chi connectivity index (χ1v) is 12.0. The highest BCUT2D eigenvalue weighted by Gasteiger charge is 2.16. The van der Waals surface area contributed by atoms with Crippen LogP contribution in [-0.2, 0) is 13.6 Å². The van der Waals surface area contributed by atoms with Gasteiger partial charge < -0.3 is 10.6 Å². The lowest BCUT2D eigenvalue weighted by Crippen LogP contribution is -2.29. The molecule has 0 saturated carbocycles. The van der Waals surface area contributed by atoms with Gasteiger partial charge in [-0.3, -0.25) is 9.48 Å². The van der Waals surface area contributed by atoms with Gasteiger partial charge in [-0.05, 0) is 49.9 Å². The molecule has 9 nitrogen and oxygen atoms in total. The van der Waals surface area contributed by atoms with Crippen molar-refractivity contribution in [1.82, 2.24) is 34.8 Å². The quantitative estimate of drug-likeness (QED) is 0.277. The van der Waals surface area contributed by atoms with Crippen molar-refractivity contribution in [3.63, 3.8) is 0 Å². The van der Waals surface area contributed by atoms with E-state index in [1.807, 2.05) is 0 Å². The average molecular weight is 483 g/mol. The predicted molar refractivity (Wildman–Crippen MR) is 131 cm³/mol. The van der Waals surface area contributed by atoms with E-state index in [1.54, 1.807) is 47.9 Å².